The molecule has 0 aromatic heterocycles. The molecule has 0 aliphatic heterocycles. The fraction of sp³-hybridized carbons (Fsp3) is 0.130. The molecular formula is C23H20FNO4. The van der Waals surface area contributed by atoms with E-state index in [1.165, 1.54) is 19.1 Å². The van der Waals surface area contributed by atoms with E-state index in [-0.39, 0.29) is 24.1 Å². The quantitative estimate of drug-likeness (QED) is 0.572. The molecule has 3 aromatic carbocycles. The summed E-state index contributed by atoms with van der Waals surface area (Å²) in [4.78, 5) is 23.4. The number of Topliss-reactive ketones (excluding diaryl/α,β-unsaturated/α-hetero) is 1. The Labute approximate surface area is 168 Å². The van der Waals surface area contributed by atoms with Gasteiger partial charge in [-0.15, -0.1) is 0 Å². The lowest BCUT2D eigenvalue weighted by molar-refractivity contribution is -0.123. The molecule has 0 fully saturated rings. The SMILES string of the molecule is CC(=O)c1cccc(OCC(=O)NCc2ccc(Oc3ccc(F)cc3)cc2)c1. The van der Waals surface area contributed by atoms with E-state index in [2.05, 4.69) is 5.32 Å². The van der Waals surface area contributed by atoms with E-state index >= 15 is 0 Å². The van der Waals surface area contributed by atoms with Crippen molar-refractivity contribution in [2.75, 3.05) is 6.61 Å². The van der Waals surface area contributed by atoms with Gasteiger partial charge in [-0.25, -0.2) is 4.39 Å². The third kappa shape index (κ3) is 6.17. The highest BCUT2D eigenvalue weighted by atomic mass is 19.1. The predicted molar refractivity (Wildman–Crippen MR) is 107 cm³/mol. The summed E-state index contributed by atoms with van der Waals surface area (Å²) in [6.45, 7) is 1.67. The molecule has 3 rings (SSSR count). The van der Waals surface area contributed by atoms with Crippen LogP contribution in [-0.2, 0) is 11.3 Å². The van der Waals surface area contributed by atoms with Crippen LogP contribution >= 0.6 is 0 Å². The van der Waals surface area contributed by atoms with Gasteiger partial charge in [0.05, 0.1) is 0 Å². The van der Waals surface area contributed by atoms with Crippen molar-refractivity contribution in [2.24, 2.45) is 0 Å². The number of ether oxygens (including phenoxy) is 2. The lowest BCUT2D eigenvalue weighted by Gasteiger charge is -2.09. The molecular weight excluding hydrogens is 373 g/mol. The zero-order valence-electron chi connectivity index (χ0n) is 15.9. The fourth-order valence-corrected chi connectivity index (χ4v) is 2.52. The summed E-state index contributed by atoms with van der Waals surface area (Å²) in [5.41, 5.74) is 1.43. The van der Waals surface area contributed by atoms with E-state index in [4.69, 9.17) is 9.47 Å². The Bertz CT molecular complexity index is 985. The Morgan fingerprint density at radius 1 is 0.897 bits per heavy atom. The number of carbonyl (C=O) groups is 2. The van der Waals surface area contributed by atoms with E-state index in [9.17, 15) is 14.0 Å². The topological polar surface area (TPSA) is 64.6 Å². The smallest absolute Gasteiger partial charge is 0.258 e. The van der Waals surface area contributed by atoms with Crippen molar-refractivity contribution < 1.29 is 23.5 Å². The lowest BCUT2D eigenvalue weighted by atomic mass is 10.1. The van der Waals surface area contributed by atoms with Crippen molar-refractivity contribution >= 4 is 11.7 Å². The minimum absolute atomic E-state index is 0.0632. The van der Waals surface area contributed by atoms with Gasteiger partial charge >= 0.3 is 0 Å². The maximum atomic E-state index is 12.9. The first-order chi connectivity index (χ1) is 14.0. The minimum Gasteiger partial charge on any atom is -0.484 e. The maximum Gasteiger partial charge on any atom is 0.258 e. The van der Waals surface area contributed by atoms with Crippen LogP contribution in [0.25, 0.3) is 0 Å². The first-order valence-corrected chi connectivity index (χ1v) is 9.02. The van der Waals surface area contributed by atoms with Crippen LogP contribution in [0.4, 0.5) is 4.39 Å². The second-order valence-corrected chi connectivity index (χ2v) is 6.35. The standard InChI is InChI=1S/C23H20FNO4/c1-16(26)18-3-2-4-22(13-18)28-15-23(27)25-14-17-5-9-20(10-6-17)29-21-11-7-19(24)8-12-21/h2-13H,14-15H2,1H3,(H,25,27). The van der Waals surface area contributed by atoms with Crippen LogP contribution in [0.3, 0.4) is 0 Å². The second-order valence-electron chi connectivity index (χ2n) is 6.35. The van der Waals surface area contributed by atoms with Gasteiger partial charge in [-0.1, -0.05) is 24.3 Å². The van der Waals surface area contributed by atoms with Gasteiger partial charge in [0, 0.05) is 12.1 Å². The van der Waals surface area contributed by atoms with E-state index in [0.717, 1.165) is 5.56 Å². The monoisotopic (exact) mass is 393 g/mol. The molecule has 148 valence electrons. The van der Waals surface area contributed by atoms with Crippen LogP contribution in [-0.4, -0.2) is 18.3 Å². The molecule has 0 aliphatic rings. The molecule has 0 saturated heterocycles. The number of benzene rings is 3. The highest BCUT2D eigenvalue weighted by molar-refractivity contribution is 5.94. The van der Waals surface area contributed by atoms with Crippen molar-refractivity contribution in [1.29, 1.82) is 0 Å². The summed E-state index contributed by atoms with van der Waals surface area (Å²) in [5, 5.41) is 2.77. The summed E-state index contributed by atoms with van der Waals surface area (Å²) in [5.74, 6) is 0.963. The van der Waals surface area contributed by atoms with Gasteiger partial charge in [0.2, 0.25) is 0 Å². The van der Waals surface area contributed by atoms with Crippen molar-refractivity contribution in [3.8, 4) is 17.2 Å². The predicted octanol–water partition coefficient (Wildman–Crippen LogP) is 4.52. The first kappa shape index (κ1) is 20.1. The molecule has 0 saturated carbocycles. The van der Waals surface area contributed by atoms with E-state index < -0.39 is 0 Å². The van der Waals surface area contributed by atoms with Gasteiger partial charge in [-0.05, 0) is 61.0 Å². The Balaban J connectivity index is 1.45. The average Bonchev–Trinajstić information content (AvgIpc) is 2.73. The molecule has 0 aliphatic carbocycles. The van der Waals surface area contributed by atoms with Crippen molar-refractivity contribution in [3.63, 3.8) is 0 Å². The van der Waals surface area contributed by atoms with E-state index in [1.807, 2.05) is 12.1 Å². The number of nitrogens with one attached hydrogen (secondary N) is 1. The average molecular weight is 393 g/mol. The highest BCUT2D eigenvalue weighted by Crippen LogP contribution is 2.21. The number of amides is 1. The molecule has 0 unspecified atom stereocenters. The molecule has 6 heteroatoms. The van der Waals surface area contributed by atoms with Crippen LogP contribution in [0.5, 0.6) is 17.2 Å². The van der Waals surface area contributed by atoms with Gasteiger partial charge in [0.25, 0.3) is 5.91 Å². The van der Waals surface area contributed by atoms with Gasteiger partial charge in [0.15, 0.2) is 12.4 Å². The number of rotatable bonds is 8. The Hall–Kier alpha value is -3.67. The molecule has 0 atom stereocenters. The lowest BCUT2D eigenvalue weighted by Crippen LogP contribution is -2.28. The summed E-state index contributed by atoms with van der Waals surface area (Å²) < 4.78 is 24.0. The number of carbonyl (C=O) groups excluding carboxylic acids is 2. The third-order valence-electron chi connectivity index (χ3n) is 4.07. The van der Waals surface area contributed by atoms with Crippen LogP contribution in [0.2, 0.25) is 0 Å². The third-order valence-corrected chi connectivity index (χ3v) is 4.07. The number of hydrogen-bond donors (Lipinski definition) is 1. The molecule has 3 aromatic rings. The van der Waals surface area contributed by atoms with E-state index in [0.29, 0.717) is 29.4 Å². The Morgan fingerprint density at radius 2 is 1.55 bits per heavy atom. The normalized spacial score (nSPS) is 10.3. The molecule has 0 radical (unpaired) electrons. The summed E-state index contributed by atoms with van der Waals surface area (Å²) in [7, 11) is 0. The van der Waals surface area contributed by atoms with Crippen molar-refractivity contribution in [1.82, 2.24) is 5.32 Å². The largest absolute Gasteiger partial charge is 0.484 e. The summed E-state index contributed by atoms with van der Waals surface area (Å²) >= 11 is 0. The van der Waals surface area contributed by atoms with Crippen LogP contribution in [0, 0.1) is 5.82 Å². The fourth-order valence-electron chi connectivity index (χ4n) is 2.52. The number of ketones is 1. The van der Waals surface area contributed by atoms with Crippen LogP contribution in [0.1, 0.15) is 22.8 Å². The van der Waals surface area contributed by atoms with Gasteiger partial charge < -0.3 is 14.8 Å². The van der Waals surface area contributed by atoms with Crippen LogP contribution in [0.15, 0.2) is 72.8 Å². The van der Waals surface area contributed by atoms with Gasteiger partial charge in [0.1, 0.15) is 23.1 Å². The maximum absolute atomic E-state index is 12.9. The molecule has 0 spiro atoms. The van der Waals surface area contributed by atoms with Gasteiger partial charge in [-0.3, -0.25) is 9.59 Å². The first-order valence-electron chi connectivity index (χ1n) is 9.02. The molecule has 0 bridgehead atoms. The minimum atomic E-state index is -0.320. The van der Waals surface area contributed by atoms with E-state index in [1.54, 1.807) is 48.5 Å². The highest BCUT2D eigenvalue weighted by Gasteiger charge is 2.06. The van der Waals surface area contributed by atoms with Crippen molar-refractivity contribution in [2.45, 2.75) is 13.5 Å². The summed E-state index contributed by atoms with van der Waals surface area (Å²) in [6, 6.07) is 19.7. The molecule has 0 heterocycles. The zero-order chi connectivity index (χ0) is 20.6. The molecule has 1 amide bonds. The molecule has 5 nitrogen and oxygen atoms in total. The Kier molecular flexibility index (Phi) is 6.58. The number of halogens is 1. The summed E-state index contributed by atoms with van der Waals surface area (Å²) in [6.07, 6.45) is 0. The number of hydrogen-bond acceptors (Lipinski definition) is 4. The Morgan fingerprint density at radius 3 is 2.21 bits per heavy atom. The van der Waals surface area contributed by atoms with Gasteiger partial charge in [-0.2, -0.15) is 0 Å². The molecule has 1 N–H and O–H groups in total. The zero-order valence-corrected chi connectivity index (χ0v) is 15.9. The second kappa shape index (κ2) is 9.50. The van der Waals surface area contributed by atoms with Crippen molar-refractivity contribution in [3.05, 3.63) is 89.7 Å². The molecule has 29 heavy (non-hydrogen) atoms. The van der Waals surface area contributed by atoms with Crippen LogP contribution < -0.4 is 14.8 Å².